The Morgan fingerprint density at radius 1 is 1.11 bits per heavy atom. The van der Waals surface area contributed by atoms with E-state index in [1.54, 1.807) is 42.6 Å². The first-order valence-corrected chi connectivity index (χ1v) is 9.45. The average molecular weight is 399 g/mol. The van der Waals surface area contributed by atoms with Crippen LogP contribution in [0.4, 0.5) is 4.39 Å². The van der Waals surface area contributed by atoms with E-state index >= 15 is 0 Å². The highest BCUT2D eigenvalue weighted by atomic mass is 32.1. The molecule has 2 N–H and O–H groups in total. The Morgan fingerprint density at radius 2 is 2.00 bits per heavy atom. The molecule has 0 saturated heterocycles. The number of benzene rings is 1. The first kappa shape index (κ1) is 19.5. The lowest BCUT2D eigenvalue weighted by Gasteiger charge is -2.11. The Balaban J connectivity index is 1.49. The Morgan fingerprint density at radius 3 is 2.79 bits per heavy atom. The molecule has 3 aromatic rings. The summed E-state index contributed by atoms with van der Waals surface area (Å²) in [6.07, 6.45) is 1.71. The molecule has 2 amide bonds. The van der Waals surface area contributed by atoms with Gasteiger partial charge in [0.2, 0.25) is 11.8 Å². The van der Waals surface area contributed by atoms with Crippen molar-refractivity contribution < 1.29 is 18.7 Å². The van der Waals surface area contributed by atoms with Gasteiger partial charge in [0, 0.05) is 37.3 Å². The van der Waals surface area contributed by atoms with E-state index in [1.165, 1.54) is 23.5 Å². The number of hydrogen-bond donors (Lipinski definition) is 2. The van der Waals surface area contributed by atoms with E-state index in [0.717, 1.165) is 0 Å². The molecule has 3 rings (SSSR count). The molecule has 0 unspecified atom stereocenters. The summed E-state index contributed by atoms with van der Waals surface area (Å²) in [5.74, 6) is -0.206. The molecular formula is C20H18FN3O3S. The molecule has 2 aromatic heterocycles. The van der Waals surface area contributed by atoms with E-state index < -0.39 is 5.82 Å². The minimum Gasteiger partial charge on any atom is -0.439 e. The zero-order valence-electron chi connectivity index (χ0n) is 14.9. The van der Waals surface area contributed by atoms with Gasteiger partial charge in [0.15, 0.2) is 0 Å². The summed E-state index contributed by atoms with van der Waals surface area (Å²) < 4.78 is 18.9. The molecule has 8 heteroatoms. The molecule has 0 bridgehead atoms. The Labute approximate surface area is 165 Å². The van der Waals surface area contributed by atoms with Gasteiger partial charge >= 0.3 is 0 Å². The molecule has 0 spiro atoms. The van der Waals surface area contributed by atoms with Crippen LogP contribution < -0.4 is 15.4 Å². The minimum absolute atomic E-state index is 0.150. The second kappa shape index (κ2) is 9.61. The molecule has 1 aromatic carbocycles. The number of hydrogen-bond acceptors (Lipinski definition) is 5. The van der Waals surface area contributed by atoms with Crippen molar-refractivity contribution in [1.82, 2.24) is 15.6 Å². The third kappa shape index (κ3) is 5.62. The summed E-state index contributed by atoms with van der Waals surface area (Å²) in [6.45, 7) is 0.443. The number of rotatable bonds is 8. The Kier molecular flexibility index (Phi) is 6.69. The molecule has 6 nitrogen and oxygen atoms in total. The number of aromatic nitrogens is 1. The summed E-state index contributed by atoms with van der Waals surface area (Å²) in [4.78, 5) is 28.6. The van der Waals surface area contributed by atoms with Crippen LogP contribution in [0, 0.1) is 5.82 Å². The van der Waals surface area contributed by atoms with E-state index in [2.05, 4.69) is 15.6 Å². The molecule has 2 heterocycles. The van der Waals surface area contributed by atoms with Crippen LogP contribution in [0.15, 0.2) is 60.1 Å². The summed E-state index contributed by atoms with van der Waals surface area (Å²) >= 11 is 1.34. The van der Waals surface area contributed by atoms with Crippen molar-refractivity contribution in [2.24, 2.45) is 0 Å². The fourth-order valence-corrected chi connectivity index (χ4v) is 3.00. The Bertz CT molecular complexity index is 947. The normalized spacial score (nSPS) is 10.3. The number of ether oxygens (including phenoxy) is 1. The average Bonchev–Trinajstić information content (AvgIpc) is 3.22. The summed E-state index contributed by atoms with van der Waals surface area (Å²) in [6, 6.07) is 12.8. The van der Waals surface area contributed by atoms with Gasteiger partial charge in [-0.2, -0.15) is 0 Å². The van der Waals surface area contributed by atoms with Gasteiger partial charge in [0.25, 0.3) is 5.91 Å². The molecular weight excluding hydrogens is 381 g/mol. The van der Waals surface area contributed by atoms with Gasteiger partial charge in [-0.1, -0.05) is 18.2 Å². The van der Waals surface area contributed by atoms with Gasteiger partial charge in [-0.3, -0.25) is 9.59 Å². The van der Waals surface area contributed by atoms with E-state index in [4.69, 9.17) is 4.74 Å². The van der Waals surface area contributed by atoms with Crippen LogP contribution >= 0.6 is 11.3 Å². The largest absolute Gasteiger partial charge is 0.439 e. The number of amides is 2. The van der Waals surface area contributed by atoms with E-state index in [1.807, 2.05) is 5.38 Å². The van der Waals surface area contributed by atoms with Crippen molar-refractivity contribution in [1.29, 1.82) is 0 Å². The smallest absolute Gasteiger partial charge is 0.261 e. The van der Waals surface area contributed by atoms with Crippen LogP contribution in [0.1, 0.15) is 21.7 Å². The summed E-state index contributed by atoms with van der Waals surface area (Å²) in [7, 11) is 0. The zero-order chi connectivity index (χ0) is 19.8. The second-order valence-corrected chi connectivity index (χ2v) is 6.73. The van der Waals surface area contributed by atoms with Gasteiger partial charge in [-0.05, 0) is 29.6 Å². The van der Waals surface area contributed by atoms with Crippen molar-refractivity contribution in [2.75, 3.05) is 6.54 Å². The van der Waals surface area contributed by atoms with Crippen LogP contribution in [0.3, 0.4) is 0 Å². The lowest BCUT2D eigenvalue weighted by molar-refractivity contribution is -0.121. The lowest BCUT2D eigenvalue weighted by atomic mass is 10.2. The predicted molar refractivity (Wildman–Crippen MR) is 104 cm³/mol. The molecule has 144 valence electrons. The minimum atomic E-state index is -0.409. The molecule has 0 saturated carbocycles. The number of halogens is 1. The van der Waals surface area contributed by atoms with Crippen LogP contribution in [0.25, 0.3) is 0 Å². The van der Waals surface area contributed by atoms with E-state index in [0.29, 0.717) is 22.1 Å². The van der Waals surface area contributed by atoms with Crippen molar-refractivity contribution in [3.8, 4) is 11.6 Å². The zero-order valence-corrected chi connectivity index (χ0v) is 15.7. The van der Waals surface area contributed by atoms with E-state index in [9.17, 15) is 14.0 Å². The van der Waals surface area contributed by atoms with Crippen molar-refractivity contribution in [3.05, 3.63) is 76.4 Å². The van der Waals surface area contributed by atoms with Gasteiger partial charge < -0.3 is 15.4 Å². The van der Waals surface area contributed by atoms with Gasteiger partial charge in [-0.15, -0.1) is 11.3 Å². The van der Waals surface area contributed by atoms with Crippen molar-refractivity contribution >= 4 is 23.2 Å². The standard InChI is InChI=1S/C20H18FN3O3S/c21-15-5-1-6-16(12-15)27-20-14(4-2-9-23-20)13-24-18(25)8-10-22-19(26)17-7-3-11-28-17/h1-7,9,11-12H,8,10,13H2,(H,22,26)(H,24,25). The molecule has 0 aliphatic heterocycles. The topological polar surface area (TPSA) is 80.3 Å². The molecule has 0 radical (unpaired) electrons. The van der Waals surface area contributed by atoms with Crippen LogP contribution in [0.2, 0.25) is 0 Å². The fraction of sp³-hybridized carbons (Fsp3) is 0.150. The lowest BCUT2D eigenvalue weighted by Crippen LogP contribution is -2.30. The maximum Gasteiger partial charge on any atom is 0.261 e. The summed E-state index contributed by atoms with van der Waals surface area (Å²) in [5, 5.41) is 7.28. The second-order valence-electron chi connectivity index (χ2n) is 5.79. The third-order valence-corrected chi connectivity index (χ3v) is 4.59. The highest BCUT2D eigenvalue weighted by molar-refractivity contribution is 7.12. The van der Waals surface area contributed by atoms with Crippen LogP contribution in [-0.4, -0.2) is 23.3 Å². The first-order valence-electron chi connectivity index (χ1n) is 8.57. The highest BCUT2D eigenvalue weighted by Crippen LogP contribution is 2.23. The quantitative estimate of drug-likeness (QED) is 0.607. The van der Waals surface area contributed by atoms with Gasteiger partial charge in [0.1, 0.15) is 11.6 Å². The van der Waals surface area contributed by atoms with Gasteiger partial charge in [-0.25, -0.2) is 9.37 Å². The molecule has 28 heavy (non-hydrogen) atoms. The highest BCUT2D eigenvalue weighted by Gasteiger charge is 2.10. The first-order chi connectivity index (χ1) is 13.6. The maximum atomic E-state index is 13.3. The fourth-order valence-electron chi connectivity index (χ4n) is 2.36. The number of nitrogens with zero attached hydrogens (tertiary/aromatic N) is 1. The number of carbonyl (C=O) groups excluding carboxylic acids is 2. The maximum absolute atomic E-state index is 13.3. The molecule has 0 aliphatic rings. The van der Waals surface area contributed by atoms with Gasteiger partial charge in [0.05, 0.1) is 4.88 Å². The Hall–Kier alpha value is -3.26. The molecule has 0 aliphatic carbocycles. The number of carbonyl (C=O) groups is 2. The number of thiophene rings is 1. The third-order valence-electron chi connectivity index (χ3n) is 3.72. The molecule has 0 atom stereocenters. The number of nitrogens with one attached hydrogen (secondary N) is 2. The monoisotopic (exact) mass is 399 g/mol. The SMILES string of the molecule is O=C(CCNC(=O)c1cccs1)NCc1cccnc1Oc1cccc(F)c1. The predicted octanol–water partition coefficient (Wildman–Crippen LogP) is 3.51. The molecule has 0 fully saturated rings. The van der Waals surface area contributed by atoms with Crippen LogP contribution in [-0.2, 0) is 11.3 Å². The summed E-state index contributed by atoms with van der Waals surface area (Å²) in [5.41, 5.74) is 0.655. The number of pyridine rings is 1. The van der Waals surface area contributed by atoms with Crippen LogP contribution in [0.5, 0.6) is 11.6 Å². The van der Waals surface area contributed by atoms with E-state index in [-0.39, 0.29) is 31.3 Å². The van der Waals surface area contributed by atoms with Crippen molar-refractivity contribution in [3.63, 3.8) is 0 Å². The van der Waals surface area contributed by atoms with Crippen molar-refractivity contribution in [2.45, 2.75) is 13.0 Å².